The Balaban J connectivity index is 2.42. The number of benzene rings is 1. The number of rotatable bonds is 6. The molecule has 0 radical (unpaired) electrons. The van der Waals surface area contributed by atoms with Crippen molar-refractivity contribution in [3.8, 4) is 0 Å². The molecule has 1 aromatic heterocycles. The molecule has 0 saturated heterocycles. The Labute approximate surface area is 194 Å². The lowest BCUT2D eigenvalue weighted by molar-refractivity contribution is -0.142. The Bertz CT molecular complexity index is 1000. The Hall–Kier alpha value is -1.85. The molecule has 0 aliphatic rings. The second-order valence-electron chi connectivity index (χ2n) is 9.13. The first kappa shape index (κ1) is 27.4. The molecule has 12 heteroatoms. The normalized spacial score (nSPS) is 13.4. The Morgan fingerprint density at radius 1 is 1.00 bits per heavy atom. The van der Waals surface area contributed by atoms with Gasteiger partial charge in [0.15, 0.2) is 8.32 Å². The Morgan fingerprint density at radius 2 is 1.61 bits per heavy atom. The molecule has 33 heavy (non-hydrogen) atoms. The molecule has 0 atom stereocenters. The molecule has 1 aromatic carbocycles. The fourth-order valence-corrected chi connectivity index (χ4v) is 4.05. The summed E-state index contributed by atoms with van der Waals surface area (Å²) in [7, 11) is -2.10. The molecule has 1 N–H and O–H groups in total. The van der Waals surface area contributed by atoms with E-state index in [9.17, 15) is 26.3 Å². The highest BCUT2D eigenvalue weighted by Gasteiger charge is 2.39. The van der Waals surface area contributed by atoms with Crippen LogP contribution in [0.4, 0.5) is 37.8 Å². The van der Waals surface area contributed by atoms with Crippen LogP contribution >= 0.6 is 11.6 Å². The molecule has 0 bridgehead atoms. The lowest BCUT2D eigenvalue weighted by Gasteiger charge is -2.36. The van der Waals surface area contributed by atoms with Gasteiger partial charge in [0.25, 0.3) is 0 Å². The summed E-state index contributed by atoms with van der Waals surface area (Å²) in [5, 5.41) is 2.50. The van der Waals surface area contributed by atoms with Crippen molar-refractivity contribution >= 4 is 31.4 Å². The van der Waals surface area contributed by atoms with Crippen molar-refractivity contribution in [1.29, 1.82) is 0 Å². The first-order valence-electron chi connectivity index (χ1n) is 10.1. The number of halogens is 7. The molecule has 0 unspecified atom stereocenters. The molecule has 0 aliphatic carbocycles. The number of aromatic nitrogens is 2. The third-order valence-corrected chi connectivity index (χ3v) is 10.4. The molecule has 4 nitrogen and oxygen atoms in total. The summed E-state index contributed by atoms with van der Waals surface area (Å²) in [6, 6.07) is 1.37. The van der Waals surface area contributed by atoms with E-state index in [2.05, 4.69) is 49.1 Å². The summed E-state index contributed by atoms with van der Waals surface area (Å²) >= 11 is 6.25. The maximum absolute atomic E-state index is 13.5. The predicted molar refractivity (Wildman–Crippen MR) is 118 cm³/mol. The molecule has 0 aliphatic heterocycles. The van der Waals surface area contributed by atoms with Gasteiger partial charge in [-0.05, 0) is 43.3 Å². The zero-order valence-electron chi connectivity index (χ0n) is 19.1. The van der Waals surface area contributed by atoms with E-state index in [0.29, 0.717) is 11.6 Å². The summed E-state index contributed by atoms with van der Waals surface area (Å²) in [5.41, 5.74) is -3.13. The zero-order valence-corrected chi connectivity index (χ0v) is 20.9. The van der Waals surface area contributed by atoms with Gasteiger partial charge in [-0.15, -0.1) is 0 Å². The van der Waals surface area contributed by atoms with Gasteiger partial charge >= 0.3 is 12.4 Å². The average molecular weight is 514 g/mol. The number of nitrogens with zero attached hydrogens (tertiary/aromatic N) is 2. The van der Waals surface area contributed by atoms with Crippen molar-refractivity contribution in [3.63, 3.8) is 0 Å². The van der Waals surface area contributed by atoms with Crippen LogP contribution in [0.1, 0.15) is 43.3 Å². The van der Waals surface area contributed by atoms with Gasteiger partial charge in [-0.25, -0.2) is 9.97 Å². The van der Waals surface area contributed by atoms with E-state index in [1.807, 2.05) is 0 Å². The maximum atomic E-state index is 13.5. The van der Waals surface area contributed by atoms with Crippen LogP contribution < -0.4 is 5.32 Å². The zero-order chi connectivity index (χ0) is 25.4. The molecule has 2 rings (SSSR count). The van der Waals surface area contributed by atoms with Crippen LogP contribution in [0, 0.1) is 6.92 Å². The highest BCUT2D eigenvalue weighted by molar-refractivity contribution is 6.74. The van der Waals surface area contributed by atoms with Gasteiger partial charge in [0.2, 0.25) is 0 Å². The molecule has 0 saturated carbocycles. The third-order valence-electron chi connectivity index (χ3n) is 5.59. The molecule has 0 amide bonds. The van der Waals surface area contributed by atoms with Crippen LogP contribution in [0.3, 0.4) is 0 Å². The maximum Gasteiger partial charge on any atom is 0.418 e. The van der Waals surface area contributed by atoms with Crippen LogP contribution in [0.5, 0.6) is 0 Å². The van der Waals surface area contributed by atoms with Crippen molar-refractivity contribution in [2.75, 3.05) is 11.9 Å². The van der Waals surface area contributed by atoms with E-state index in [0.717, 1.165) is 6.07 Å². The fraction of sp³-hybridized carbons (Fsp3) is 0.524. The summed E-state index contributed by atoms with van der Waals surface area (Å²) in [4.78, 5) is 8.20. The number of aryl methyl sites for hydroxylation is 1. The van der Waals surface area contributed by atoms with Gasteiger partial charge in [0.05, 0.1) is 16.8 Å². The first-order chi connectivity index (χ1) is 14.8. The van der Waals surface area contributed by atoms with Crippen LogP contribution in [0.25, 0.3) is 0 Å². The summed E-state index contributed by atoms with van der Waals surface area (Å²) < 4.78 is 85.6. The van der Waals surface area contributed by atoms with Gasteiger partial charge in [-0.1, -0.05) is 32.4 Å². The van der Waals surface area contributed by atoms with Crippen molar-refractivity contribution in [3.05, 3.63) is 45.9 Å². The van der Waals surface area contributed by atoms with E-state index in [1.54, 1.807) is 0 Å². The van der Waals surface area contributed by atoms with Crippen LogP contribution in [-0.4, -0.2) is 24.9 Å². The number of hydrogen-bond acceptors (Lipinski definition) is 4. The Kier molecular flexibility index (Phi) is 7.82. The standard InChI is InChI=1S/C21H26ClF6N3OSi/c1-12-29-17(22)14(9-10-32-33(5,6)19(2,3)4)18(30-12)31-16-8-7-13(20(23,24)25)11-15(16)21(26,27)28/h7-8,11H,9-10H2,1-6H3,(H,29,30,31). The molecular weight excluding hydrogens is 488 g/mol. The van der Waals surface area contributed by atoms with Crippen molar-refractivity contribution in [2.24, 2.45) is 0 Å². The molecule has 1 heterocycles. The number of alkyl halides is 6. The summed E-state index contributed by atoms with van der Waals surface area (Å²) in [6.45, 7) is 12.0. The van der Waals surface area contributed by atoms with Crippen LogP contribution in [-0.2, 0) is 23.2 Å². The lowest BCUT2D eigenvalue weighted by atomic mass is 10.1. The van der Waals surface area contributed by atoms with Gasteiger partial charge < -0.3 is 9.74 Å². The fourth-order valence-electron chi connectivity index (χ4n) is 2.70. The third kappa shape index (κ3) is 6.83. The quantitative estimate of drug-likeness (QED) is 0.243. The highest BCUT2D eigenvalue weighted by Crippen LogP contribution is 2.41. The van der Waals surface area contributed by atoms with Crippen molar-refractivity contribution < 1.29 is 30.8 Å². The minimum absolute atomic E-state index is 0.0170. The van der Waals surface area contributed by atoms with Crippen molar-refractivity contribution in [1.82, 2.24) is 9.97 Å². The van der Waals surface area contributed by atoms with Gasteiger partial charge in [0, 0.05) is 18.6 Å². The monoisotopic (exact) mass is 513 g/mol. The molecule has 184 valence electrons. The van der Waals surface area contributed by atoms with Gasteiger partial charge in [0.1, 0.15) is 16.8 Å². The minimum atomic E-state index is -5.03. The predicted octanol–water partition coefficient (Wildman–Crippen LogP) is 7.78. The van der Waals surface area contributed by atoms with Gasteiger partial charge in [-0.3, -0.25) is 0 Å². The van der Waals surface area contributed by atoms with Crippen molar-refractivity contribution in [2.45, 2.75) is 64.6 Å². The van der Waals surface area contributed by atoms with E-state index in [-0.39, 0.29) is 40.9 Å². The smallest absolute Gasteiger partial charge is 0.416 e. The van der Waals surface area contributed by atoms with E-state index in [1.165, 1.54) is 6.92 Å². The second kappa shape index (κ2) is 9.42. The van der Waals surface area contributed by atoms with E-state index >= 15 is 0 Å². The second-order valence-corrected chi connectivity index (χ2v) is 14.3. The molecular formula is C21H26ClF6N3OSi. The summed E-state index contributed by atoms with van der Waals surface area (Å²) in [5.74, 6) is 0.175. The molecule has 0 fully saturated rings. The highest BCUT2D eigenvalue weighted by atomic mass is 35.5. The number of anilines is 2. The molecule has 0 spiro atoms. The minimum Gasteiger partial charge on any atom is -0.416 e. The van der Waals surface area contributed by atoms with Crippen LogP contribution in [0.2, 0.25) is 23.3 Å². The lowest BCUT2D eigenvalue weighted by Crippen LogP contribution is -2.41. The number of hydrogen-bond donors (Lipinski definition) is 1. The number of nitrogens with one attached hydrogen (secondary N) is 1. The summed E-state index contributed by atoms with van der Waals surface area (Å²) in [6.07, 6.45) is -9.74. The largest absolute Gasteiger partial charge is 0.418 e. The average Bonchev–Trinajstić information content (AvgIpc) is 2.61. The van der Waals surface area contributed by atoms with E-state index in [4.69, 9.17) is 16.0 Å². The molecule has 2 aromatic rings. The first-order valence-corrected chi connectivity index (χ1v) is 13.3. The topological polar surface area (TPSA) is 47.0 Å². The van der Waals surface area contributed by atoms with Gasteiger partial charge in [-0.2, -0.15) is 26.3 Å². The Morgan fingerprint density at radius 3 is 2.12 bits per heavy atom. The SMILES string of the molecule is Cc1nc(Cl)c(CCO[Si](C)(C)C(C)(C)C)c(Nc2ccc(C(F)(F)F)cc2C(F)(F)F)n1. The van der Waals surface area contributed by atoms with Crippen LogP contribution in [0.15, 0.2) is 18.2 Å². The van der Waals surface area contributed by atoms with E-state index < -0.39 is 37.5 Å².